The van der Waals surface area contributed by atoms with Gasteiger partial charge in [-0.3, -0.25) is 16.0 Å². The van der Waals surface area contributed by atoms with E-state index in [0.29, 0.717) is 0 Å². The molecule has 0 heterocycles. The number of nitrogens with one attached hydrogen (secondary N) is 1. The van der Waals surface area contributed by atoms with Gasteiger partial charge in [0.2, 0.25) is 0 Å². The summed E-state index contributed by atoms with van der Waals surface area (Å²) < 4.78 is 36.3. The standard InChI is InChI=1S/C7H6F3N3O2S/c8-7(9,10)16-5-3-1-2-4(13(14)15)6(5)12-11/h1-3,12H,11H2. The van der Waals surface area contributed by atoms with Crippen molar-refractivity contribution in [2.24, 2.45) is 5.84 Å². The number of thioether (sulfide) groups is 1. The molecule has 5 nitrogen and oxygen atoms in total. The number of nitrogens with two attached hydrogens (primary N) is 1. The Kier molecular flexibility index (Phi) is 3.60. The number of alkyl halides is 3. The molecule has 1 aromatic carbocycles. The average molecular weight is 253 g/mol. The minimum Gasteiger partial charge on any atom is -0.317 e. The van der Waals surface area contributed by atoms with Crippen molar-refractivity contribution >= 4 is 23.1 Å². The first-order valence-electron chi connectivity index (χ1n) is 3.85. The number of anilines is 1. The number of para-hydroxylation sites is 1. The summed E-state index contributed by atoms with van der Waals surface area (Å²) in [5.41, 5.74) is -3.48. The van der Waals surface area contributed by atoms with E-state index in [1.807, 2.05) is 5.43 Å². The normalized spacial score (nSPS) is 11.2. The molecule has 0 saturated carbocycles. The second kappa shape index (κ2) is 4.58. The molecule has 0 aliphatic carbocycles. The number of benzene rings is 1. The van der Waals surface area contributed by atoms with Gasteiger partial charge < -0.3 is 5.43 Å². The Morgan fingerprint density at radius 3 is 2.50 bits per heavy atom. The van der Waals surface area contributed by atoms with E-state index < -0.39 is 27.9 Å². The van der Waals surface area contributed by atoms with Crippen LogP contribution < -0.4 is 11.3 Å². The molecule has 0 atom stereocenters. The number of hydrogen-bond acceptors (Lipinski definition) is 5. The first kappa shape index (κ1) is 12.6. The number of rotatable bonds is 3. The molecule has 88 valence electrons. The molecule has 9 heteroatoms. The Hall–Kier alpha value is -1.48. The van der Waals surface area contributed by atoms with E-state index in [1.54, 1.807) is 0 Å². The molecule has 0 saturated heterocycles. The highest BCUT2D eigenvalue weighted by Gasteiger charge is 2.32. The van der Waals surface area contributed by atoms with Crippen LogP contribution in [0.25, 0.3) is 0 Å². The van der Waals surface area contributed by atoms with Crippen molar-refractivity contribution < 1.29 is 18.1 Å². The summed E-state index contributed by atoms with van der Waals surface area (Å²) in [6, 6.07) is 3.32. The van der Waals surface area contributed by atoms with Crippen LogP contribution in [0.2, 0.25) is 0 Å². The fourth-order valence-electron chi connectivity index (χ4n) is 1.03. The fourth-order valence-corrected chi connectivity index (χ4v) is 1.69. The van der Waals surface area contributed by atoms with Gasteiger partial charge in [-0.1, -0.05) is 6.07 Å². The molecule has 1 aromatic rings. The molecule has 0 spiro atoms. The zero-order chi connectivity index (χ0) is 12.3. The predicted molar refractivity (Wildman–Crippen MR) is 52.8 cm³/mol. The van der Waals surface area contributed by atoms with E-state index in [-0.39, 0.29) is 10.6 Å². The van der Waals surface area contributed by atoms with Crippen LogP contribution in [0, 0.1) is 10.1 Å². The lowest BCUT2D eigenvalue weighted by Gasteiger charge is -2.10. The molecule has 0 fully saturated rings. The van der Waals surface area contributed by atoms with Crippen molar-refractivity contribution in [3.8, 4) is 0 Å². The fraction of sp³-hybridized carbons (Fsp3) is 0.143. The van der Waals surface area contributed by atoms with Crippen LogP contribution in [0.3, 0.4) is 0 Å². The SMILES string of the molecule is NNc1c(SC(F)(F)F)cccc1[N+](=O)[O-]. The molecule has 0 radical (unpaired) electrons. The van der Waals surface area contributed by atoms with Gasteiger partial charge in [-0.15, -0.1) is 0 Å². The zero-order valence-electron chi connectivity index (χ0n) is 7.62. The molecule has 0 aliphatic heterocycles. The predicted octanol–water partition coefficient (Wildman–Crippen LogP) is 2.49. The first-order valence-corrected chi connectivity index (χ1v) is 4.66. The third-order valence-electron chi connectivity index (χ3n) is 1.57. The topological polar surface area (TPSA) is 81.2 Å². The van der Waals surface area contributed by atoms with Gasteiger partial charge >= 0.3 is 5.51 Å². The Balaban J connectivity index is 3.19. The number of nitrogens with zero attached hydrogens (tertiary/aromatic N) is 1. The van der Waals surface area contributed by atoms with Crippen LogP contribution >= 0.6 is 11.8 Å². The number of nitrogen functional groups attached to an aromatic ring is 1. The van der Waals surface area contributed by atoms with Gasteiger partial charge in [0.25, 0.3) is 5.69 Å². The molecule has 16 heavy (non-hydrogen) atoms. The Morgan fingerprint density at radius 1 is 1.44 bits per heavy atom. The highest BCUT2D eigenvalue weighted by molar-refractivity contribution is 8.00. The quantitative estimate of drug-likeness (QED) is 0.374. The van der Waals surface area contributed by atoms with Crippen LogP contribution in [0.1, 0.15) is 0 Å². The maximum absolute atomic E-state index is 12.1. The highest BCUT2D eigenvalue weighted by Crippen LogP contribution is 2.43. The lowest BCUT2D eigenvalue weighted by atomic mass is 10.3. The van der Waals surface area contributed by atoms with Gasteiger partial charge in [-0.05, 0) is 17.8 Å². The lowest BCUT2D eigenvalue weighted by molar-refractivity contribution is -0.384. The maximum Gasteiger partial charge on any atom is 0.446 e. The van der Waals surface area contributed by atoms with Crippen LogP contribution in [-0.4, -0.2) is 10.4 Å². The summed E-state index contributed by atoms with van der Waals surface area (Å²) in [5.74, 6) is 4.97. The van der Waals surface area contributed by atoms with Gasteiger partial charge in [0.1, 0.15) is 5.69 Å². The van der Waals surface area contributed by atoms with Crippen LogP contribution in [0.15, 0.2) is 23.1 Å². The van der Waals surface area contributed by atoms with E-state index >= 15 is 0 Å². The van der Waals surface area contributed by atoms with E-state index in [9.17, 15) is 23.3 Å². The summed E-state index contributed by atoms with van der Waals surface area (Å²) in [5, 5.41) is 10.5. The van der Waals surface area contributed by atoms with Crippen molar-refractivity contribution in [2.45, 2.75) is 10.4 Å². The molecular formula is C7H6F3N3O2S. The van der Waals surface area contributed by atoms with E-state index in [0.717, 1.165) is 18.2 Å². The van der Waals surface area contributed by atoms with Gasteiger partial charge in [0.05, 0.1) is 4.92 Å². The second-order valence-electron chi connectivity index (χ2n) is 2.60. The Labute approximate surface area is 91.9 Å². The number of nitro benzene ring substituents is 1. The van der Waals surface area contributed by atoms with E-state index in [4.69, 9.17) is 5.84 Å². The summed E-state index contributed by atoms with van der Waals surface area (Å²) in [7, 11) is 0. The first-order chi connectivity index (χ1) is 7.35. The number of nitro groups is 1. The molecular weight excluding hydrogens is 247 g/mol. The van der Waals surface area contributed by atoms with Gasteiger partial charge in [0.15, 0.2) is 0 Å². The Bertz CT molecular complexity index is 410. The van der Waals surface area contributed by atoms with Crippen molar-refractivity contribution in [2.75, 3.05) is 5.43 Å². The van der Waals surface area contributed by atoms with E-state index in [2.05, 4.69) is 0 Å². The average Bonchev–Trinajstić information content (AvgIpc) is 2.14. The summed E-state index contributed by atoms with van der Waals surface area (Å²) in [6.45, 7) is 0. The van der Waals surface area contributed by atoms with Crippen molar-refractivity contribution in [3.63, 3.8) is 0 Å². The third kappa shape index (κ3) is 3.00. The van der Waals surface area contributed by atoms with Crippen LogP contribution in [-0.2, 0) is 0 Å². The smallest absolute Gasteiger partial charge is 0.317 e. The number of hydrazine groups is 1. The molecule has 0 aliphatic rings. The largest absolute Gasteiger partial charge is 0.446 e. The summed E-state index contributed by atoms with van der Waals surface area (Å²) in [4.78, 5) is 9.36. The van der Waals surface area contributed by atoms with Crippen LogP contribution in [0.4, 0.5) is 24.5 Å². The monoisotopic (exact) mass is 253 g/mol. The van der Waals surface area contributed by atoms with Crippen molar-refractivity contribution in [3.05, 3.63) is 28.3 Å². The minimum atomic E-state index is -4.53. The summed E-state index contributed by atoms with van der Waals surface area (Å²) in [6.07, 6.45) is 0. The van der Waals surface area contributed by atoms with Crippen LogP contribution in [0.5, 0.6) is 0 Å². The number of hydrogen-bond donors (Lipinski definition) is 2. The second-order valence-corrected chi connectivity index (χ2v) is 3.71. The lowest BCUT2D eigenvalue weighted by Crippen LogP contribution is -2.11. The molecule has 0 bridgehead atoms. The van der Waals surface area contributed by atoms with Crippen molar-refractivity contribution in [1.29, 1.82) is 0 Å². The number of halogens is 3. The van der Waals surface area contributed by atoms with Crippen molar-refractivity contribution in [1.82, 2.24) is 0 Å². The van der Waals surface area contributed by atoms with E-state index in [1.165, 1.54) is 0 Å². The zero-order valence-corrected chi connectivity index (χ0v) is 8.43. The van der Waals surface area contributed by atoms with Gasteiger partial charge in [-0.2, -0.15) is 13.2 Å². The third-order valence-corrected chi connectivity index (χ3v) is 2.36. The summed E-state index contributed by atoms with van der Waals surface area (Å²) >= 11 is -0.463. The maximum atomic E-state index is 12.1. The molecule has 3 N–H and O–H groups in total. The Morgan fingerprint density at radius 2 is 2.06 bits per heavy atom. The molecule has 0 unspecified atom stereocenters. The molecule has 0 aromatic heterocycles. The van der Waals surface area contributed by atoms with Gasteiger partial charge in [-0.25, -0.2) is 0 Å². The van der Waals surface area contributed by atoms with Gasteiger partial charge in [0, 0.05) is 11.0 Å². The highest BCUT2D eigenvalue weighted by atomic mass is 32.2. The molecule has 0 amide bonds. The molecule has 1 rings (SSSR count). The minimum absolute atomic E-state index is 0.343.